The predicted molar refractivity (Wildman–Crippen MR) is 152 cm³/mol. The van der Waals surface area contributed by atoms with Crippen molar-refractivity contribution < 1.29 is 14.0 Å². The maximum atomic E-state index is 10.8. The largest absolute Gasteiger partial charge is 0.413 e. The van der Waals surface area contributed by atoms with E-state index >= 15 is 0 Å². The van der Waals surface area contributed by atoms with Crippen LogP contribution >= 0.6 is 0 Å². The predicted octanol–water partition coefficient (Wildman–Crippen LogP) is 8.48. The summed E-state index contributed by atoms with van der Waals surface area (Å²) in [6.45, 7) is 29.8. The Morgan fingerprint density at radius 1 is 1.00 bits per heavy atom. The summed E-state index contributed by atoms with van der Waals surface area (Å²) >= 11 is 0. The Hall–Kier alpha value is -0.206. The molecule has 0 saturated heterocycles. The summed E-state index contributed by atoms with van der Waals surface area (Å²) < 4.78 is 13.9. The molecule has 0 radical (unpaired) electrons. The summed E-state index contributed by atoms with van der Waals surface area (Å²) in [7, 11) is -3.77. The average molecular weight is 509 g/mol. The van der Waals surface area contributed by atoms with Crippen LogP contribution in [0.15, 0.2) is 24.3 Å². The molecule has 1 N–H and O–H groups in total. The lowest BCUT2D eigenvalue weighted by Crippen LogP contribution is -2.45. The Balaban J connectivity index is 2.30. The SMILES string of the molecule is C=C1C[C@@H]2[C@H](/C=C/C(CCCCC)O[Si](C)(C)C(C)(C)C)[C@H](O[Si](C)(C)C(C)(C)C)C[C@@H]2[C@@H]1O. The smallest absolute Gasteiger partial charge is 0.192 e. The second kappa shape index (κ2) is 11.0. The van der Waals surface area contributed by atoms with Crippen LogP contribution in [0.5, 0.6) is 0 Å². The topological polar surface area (TPSA) is 38.7 Å². The number of hydrogen-bond acceptors (Lipinski definition) is 3. The molecule has 6 atom stereocenters. The summed E-state index contributed by atoms with van der Waals surface area (Å²) in [6.07, 6.45) is 11.4. The summed E-state index contributed by atoms with van der Waals surface area (Å²) in [5, 5.41) is 11.2. The molecule has 0 amide bonds. The first kappa shape index (κ1) is 30.0. The van der Waals surface area contributed by atoms with Gasteiger partial charge in [0.05, 0.1) is 18.3 Å². The zero-order valence-corrected chi connectivity index (χ0v) is 26.3. The molecular weight excluding hydrogens is 452 g/mol. The van der Waals surface area contributed by atoms with Crippen LogP contribution in [0, 0.1) is 17.8 Å². The van der Waals surface area contributed by atoms with Crippen molar-refractivity contribution in [2.24, 2.45) is 17.8 Å². The Labute approximate surface area is 214 Å². The summed E-state index contributed by atoms with van der Waals surface area (Å²) in [6, 6.07) is 0. The standard InChI is InChI=1S/C29H56O3Si2/c1-13-14-15-16-22(31-33(9,10)28(3,4)5)17-18-23-24-19-21(2)27(30)25(24)20-26(23)32-34(11,12)29(6,7)8/h17-18,22-27,30H,2,13-16,19-20H2,1,3-12H3/b18-17+/t22?,23-,24+,25-,26+,27+/m0/s1. The van der Waals surface area contributed by atoms with E-state index in [-0.39, 0.29) is 34.3 Å². The monoisotopic (exact) mass is 508 g/mol. The molecule has 5 heteroatoms. The van der Waals surface area contributed by atoms with Gasteiger partial charge >= 0.3 is 0 Å². The van der Waals surface area contributed by atoms with Gasteiger partial charge in [-0.25, -0.2) is 0 Å². The van der Waals surface area contributed by atoms with Crippen LogP contribution in [0.2, 0.25) is 36.3 Å². The number of hydrogen-bond donors (Lipinski definition) is 1. The van der Waals surface area contributed by atoms with E-state index in [2.05, 4.69) is 93.4 Å². The number of unbranched alkanes of at least 4 members (excludes halogenated alkanes) is 2. The Kier molecular flexibility index (Phi) is 9.75. The van der Waals surface area contributed by atoms with Crippen molar-refractivity contribution in [3.8, 4) is 0 Å². The number of aliphatic hydroxyl groups is 1. The van der Waals surface area contributed by atoms with Crippen LogP contribution in [0.25, 0.3) is 0 Å². The van der Waals surface area contributed by atoms with Crippen LogP contribution in [-0.2, 0) is 8.85 Å². The van der Waals surface area contributed by atoms with Gasteiger partial charge in [0.15, 0.2) is 16.6 Å². The molecule has 0 aromatic rings. The zero-order valence-electron chi connectivity index (χ0n) is 24.3. The highest BCUT2D eigenvalue weighted by atomic mass is 28.4. The van der Waals surface area contributed by atoms with E-state index in [9.17, 15) is 5.11 Å². The molecule has 34 heavy (non-hydrogen) atoms. The van der Waals surface area contributed by atoms with E-state index in [1.54, 1.807) is 0 Å². The average Bonchev–Trinajstić information content (AvgIpc) is 3.13. The summed E-state index contributed by atoms with van der Waals surface area (Å²) in [4.78, 5) is 0. The Bertz CT molecular complexity index is 714. The molecule has 0 bridgehead atoms. The minimum absolute atomic E-state index is 0.162. The third kappa shape index (κ3) is 6.96. The van der Waals surface area contributed by atoms with Gasteiger partial charge in [-0.1, -0.05) is 86.5 Å². The van der Waals surface area contributed by atoms with E-state index in [1.165, 1.54) is 19.3 Å². The molecule has 3 nitrogen and oxygen atoms in total. The highest BCUT2D eigenvalue weighted by Crippen LogP contribution is 2.53. The summed E-state index contributed by atoms with van der Waals surface area (Å²) in [5.74, 6) is 1.03. The molecule has 0 aromatic heterocycles. The highest BCUT2D eigenvalue weighted by molar-refractivity contribution is 6.74. The van der Waals surface area contributed by atoms with Crippen LogP contribution in [0.3, 0.4) is 0 Å². The van der Waals surface area contributed by atoms with Gasteiger partial charge in [-0.3, -0.25) is 0 Å². The lowest BCUT2D eigenvalue weighted by molar-refractivity contribution is 0.128. The third-order valence-electron chi connectivity index (χ3n) is 9.44. The fourth-order valence-electron chi connectivity index (χ4n) is 5.08. The highest BCUT2D eigenvalue weighted by Gasteiger charge is 2.52. The van der Waals surface area contributed by atoms with Crippen molar-refractivity contribution in [1.82, 2.24) is 0 Å². The first-order valence-electron chi connectivity index (χ1n) is 13.8. The van der Waals surface area contributed by atoms with Gasteiger partial charge in [0.25, 0.3) is 0 Å². The molecule has 0 aromatic carbocycles. The van der Waals surface area contributed by atoms with E-state index in [0.29, 0.717) is 11.8 Å². The molecule has 0 aliphatic heterocycles. The maximum Gasteiger partial charge on any atom is 0.192 e. The van der Waals surface area contributed by atoms with Crippen molar-refractivity contribution in [2.45, 2.75) is 142 Å². The fraction of sp³-hybridized carbons (Fsp3) is 0.862. The molecule has 2 rings (SSSR count). The molecule has 198 valence electrons. The van der Waals surface area contributed by atoms with Gasteiger partial charge in [0, 0.05) is 5.92 Å². The molecule has 0 heterocycles. The molecule has 1 unspecified atom stereocenters. The van der Waals surface area contributed by atoms with Gasteiger partial charge in [-0.15, -0.1) is 0 Å². The second-order valence-electron chi connectivity index (χ2n) is 14.2. The lowest BCUT2D eigenvalue weighted by atomic mass is 9.90. The first-order valence-corrected chi connectivity index (χ1v) is 19.6. The van der Waals surface area contributed by atoms with Crippen molar-refractivity contribution in [2.75, 3.05) is 0 Å². The van der Waals surface area contributed by atoms with E-state index in [1.807, 2.05) is 0 Å². The normalized spacial score (nSPS) is 29.8. The van der Waals surface area contributed by atoms with Gasteiger partial charge in [-0.05, 0) is 72.9 Å². The third-order valence-corrected chi connectivity index (χ3v) is 18.5. The van der Waals surface area contributed by atoms with E-state index in [4.69, 9.17) is 8.85 Å². The molecule has 2 fully saturated rings. The molecule has 2 saturated carbocycles. The van der Waals surface area contributed by atoms with Crippen molar-refractivity contribution in [3.63, 3.8) is 0 Å². The quantitative estimate of drug-likeness (QED) is 0.183. The number of aliphatic hydroxyl groups excluding tert-OH is 1. The van der Waals surface area contributed by atoms with Crippen LogP contribution < -0.4 is 0 Å². The maximum absolute atomic E-state index is 10.8. The van der Waals surface area contributed by atoms with E-state index < -0.39 is 16.6 Å². The van der Waals surface area contributed by atoms with Gasteiger partial charge in [0.2, 0.25) is 0 Å². The van der Waals surface area contributed by atoms with Gasteiger partial charge < -0.3 is 14.0 Å². The van der Waals surface area contributed by atoms with Crippen molar-refractivity contribution in [1.29, 1.82) is 0 Å². The minimum atomic E-state index is -1.91. The molecular formula is C29H56O3Si2. The summed E-state index contributed by atoms with van der Waals surface area (Å²) in [5.41, 5.74) is 1.01. The zero-order chi connectivity index (χ0) is 26.1. The van der Waals surface area contributed by atoms with Crippen LogP contribution in [0.4, 0.5) is 0 Å². The van der Waals surface area contributed by atoms with Gasteiger partial charge in [-0.2, -0.15) is 0 Å². The van der Waals surface area contributed by atoms with E-state index in [0.717, 1.165) is 24.8 Å². The lowest BCUT2D eigenvalue weighted by Gasteiger charge is -2.40. The van der Waals surface area contributed by atoms with Gasteiger partial charge in [0.1, 0.15) is 0 Å². The minimum Gasteiger partial charge on any atom is -0.413 e. The van der Waals surface area contributed by atoms with Crippen LogP contribution in [-0.4, -0.2) is 40.1 Å². The number of rotatable bonds is 10. The van der Waals surface area contributed by atoms with Crippen LogP contribution in [0.1, 0.15) is 87.0 Å². The number of fused-ring (bicyclic) bond motifs is 1. The Morgan fingerprint density at radius 2 is 1.59 bits per heavy atom. The first-order chi connectivity index (χ1) is 15.4. The molecule has 2 aliphatic rings. The second-order valence-corrected chi connectivity index (χ2v) is 23.7. The molecule has 2 aliphatic carbocycles. The van der Waals surface area contributed by atoms with Crippen molar-refractivity contribution >= 4 is 16.6 Å². The van der Waals surface area contributed by atoms with Crippen molar-refractivity contribution in [3.05, 3.63) is 24.3 Å². The Morgan fingerprint density at radius 3 is 2.12 bits per heavy atom. The fourth-order valence-corrected chi connectivity index (χ4v) is 7.75. The molecule has 0 spiro atoms.